The maximum Gasteiger partial charge on any atom is 0.123 e. The van der Waals surface area contributed by atoms with E-state index in [0.717, 1.165) is 29.4 Å². The third kappa shape index (κ3) is 4.13. The van der Waals surface area contributed by atoms with Gasteiger partial charge >= 0.3 is 0 Å². The molecule has 1 atom stereocenters. The number of nitrogens with one attached hydrogen (secondary N) is 1. The summed E-state index contributed by atoms with van der Waals surface area (Å²) in [4.78, 5) is 1.31. The molecule has 1 unspecified atom stereocenters. The summed E-state index contributed by atoms with van der Waals surface area (Å²) in [7, 11) is 0. The van der Waals surface area contributed by atoms with Crippen LogP contribution >= 0.6 is 27.3 Å². The Morgan fingerprint density at radius 3 is 2.89 bits per heavy atom. The highest BCUT2D eigenvalue weighted by molar-refractivity contribution is 9.10. The first-order valence-corrected chi connectivity index (χ1v) is 8.08. The van der Waals surface area contributed by atoms with Crippen LogP contribution in [0.5, 0.6) is 0 Å². The molecule has 0 amide bonds. The zero-order chi connectivity index (χ0) is 13.7. The van der Waals surface area contributed by atoms with E-state index in [9.17, 15) is 4.39 Å². The molecular formula is C15H17BrFNS. The molecule has 0 fully saturated rings. The van der Waals surface area contributed by atoms with Crippen LogP contribution < -0.4 is 5.32 Å². The molecular weight excluding hydrogens is 325 g/mol. The zero-order valence-corrected chi connectivity index (χ0v) is 13.2. The first-order chi connectivity index (χ1) is 9.20. The van der Waals surface area contributed by atoms with Crippen molar-refractivity contribution in [2.45, 2.75) is 25.8 Å². The van der Waals surface area contributed by atoms with Gasteiger partial charge in [-0.15, -0.1) is 11.3 Å². The topological polar surface area (TPSA) is 12.0 Å². The van der Waals surface area contributed by atoms with Crippen LogP contribution in [0.1, 0.15) is 29.8 Å². The first-order valence-electron chi connectivity index (χ1n) is 6.41. The van der Waals surface area contributed by atoms with Gasteiger partial charge in [0.15, 0.2) is 0 Å². The number of rotatable bonds is 6. The van der Waals surface area contributed by atoms with Gasteiger partial charge in [-0.05, 0) is 48.2 Å². The summed E-state index contributed by atoms with van der Waals surface area (Å²) in [5, 5.41) is 5.58. The van der Waals surface area contributed by atoms with E-state index < -0.39 is 0 Å². The summed E-state index contributed by atoms with van der Waals surface area (Å²) in [6.45, 7) is 3.06. The quantitative estimate of drug-likeness (QED) is 0.785. The van der Waals surface area contributed by atoms with E-state index in [1.165, 1.54) is 10.9 Å². The highest BCUT2D eigenvalue weighted by Crippen LogP contribution is 2.28. The fourth-order valence-electron chi connectivity index (χ4n) is 2.02. The van der Waals surface area contributed by atoms with Crippen molar-refractivity contribution in [1.29, 1.82) is 0 Å². The Labute approximate surface area is 126 Å². The number of hydrogen-bond acceptors (Lipinski definition) is 2. The minimum atomic E-state index is -0.187. The second-order valence-electron chi connectivity index (χ2n) is 4.46. The number of benzene rings is 1. The lowest BCUT2D eigenvalue weighted by atomic mass is 10.0. The molecule has 0 bridgehead atoms. The van der Waals surface area contributed by atoms with E-state index in [-0.39, 0.29) is 11.9 Å². The van der Waals surface area contributed by atoms with Crippen molar-refractivity contribution in [3.05, 3.63) is 56.4 Å². The molecule has 2 aromatic rings. The van der Waals surface area contributed by atoms with E-state index in [2.05, 4.69) is 45.7 Å². The van der Waals surface area contributed by atoms with Crippen LogP contribution in [-0.2, 0) is 6.42 Å². The molecule has 1 aromatic heterocycles. The lowest BCUT2D eigenvalue weighted by Crippen LogP contribution is -2.24. The van der Waals surface area contributed by atoms with Gasteiger partial charge in [0.25, 0.3) is 0 Å². The molecule has 1 heterocycles. The van der Waals surface area contributed by atoms with E-state index in [1.807, 2.05) is 0 Å². The van der Waals surface area contributed by atoms with Crippen LogP contribution in [0.3, 0.4) is 0 Å². The van der Waals surface area contributed by atoms with Crippen LogP contribution in [0.2, 0.25) is 0 Å². The molecule has 4 heteroatoms. The van der Waals surface area contributed by atoms with Crippen LogP contribution in [0.4, 0.5) is 4.39 Å². The third-order valence-electron chi connectivity index (χ3n) is 2.96. The average Bonchev–Trinajstić information content (AvgIpc) is 2.90. The fraction of sp³-hybridized carbons (Fsp3) is 0.333. The summed E-state index contributed by atoms with van der Waals surface area (Å²) < 4.78 is 14.4. The van der Waals surface area contributed by atoms with Crippen molar-refractivity contribution in [3.8, 4) is 0 Å². The summed E-state index contributed by atoms with van der Waals surface area (Å²) >= 11 is 5.26. The molecule has 0 aliphatic rings. The normalized spacial score (nSPS) is 12.6. The van der Waals surface area contributed by atoms with Crippen LogP contribution in [0, 0.1) is 5.82 Å². The van der Waals surface area contributed by atoms with Crippen molar-refractivity contribution in [2.24, 2.45) is 0 Å². The van der Waals surface area contributed by atoms with Crippen molar-refractivity contribution in [2.75, 3.05) is 6.54 Å². The van der Waals surface area contributed by atoms with E-state index in [0.29, 0.717) is 0 Å². The maximum atomic E-state index is 13.5. The molecule has 0 saturated heterocycles. The second kappa shape index (κ2) is 7.17. The highest BCUT2D eigenvalue weighted by Gasteiger charge is 2.15. The van der Waals surface area contributed by atoms with Gasteiger partial charge in [0.2, 0.25) is 0 Å². The summed E-state index contributed by atoms with van der Waals surface area (Å²) in [6.07, 6.45) is 1.95. The molecule has 0 saturated carbocycles. The molecule has 0 aliphatic heterocycles. The Kier molecular flexibility index (Phi) is 5.55. The lowest BCUT2D eigenvalue weighted by molar-refractivity contribution is 0.525. The fourth-order valence-corrected chi connectivity index (χ4v) is 3.30. The minimum absolute atomic E-state index is 0.142. The van der Waals surface area contributed by atoms with Gasteiger partial charge in [-0.2, -0.15) is 0 Å². The number of hydrogen-bond donors (Lipinski definition) is 1. The summed E-state index contributed by atoms with van der Waals surface area (Å²) in [5.41, 5.74) is 0.988. The smallest absolute Gasteiger partial charge is 0.123 e. The average molecular weight is 342 g/mol. The second-order valence-corrected chi connectivity index (χ2v) is 6.34. The van der Waals surface area contributed by atoms with Crippen LogP contribution in [0.15, 0.2) is 40.2 Å². The largest absolute Gasteiger partial charge is 0.310 e. The van der Waals surface area contributed by atoms with Crippen molar-refractivity contribution in [3.63, 3.8) is 0 Å². The van der Waals surface area contributed by atoms with Gasteiger partial charge in [0.05, 0.1) is 0 Å². The Morgan fingerprint density at radius 2 is 2.21 bits per heavy atom. The molecule has 2 rings (SSSR count). The van der Waals surface area contributed by atoms with Crippen molar-refractivity contribution >= 4 is 27.3 Å². The van der Waals surface area contributed by atoms with Crippen LogP contribution in [-0.4, -0.2) is 6.54 Å². The standard InChI is InChI=1S/C15H17BrFNS/c1-2-7-18-15(10-12-4-3-8-19-12)13-9-11(17)5-6-14(13)16/h3-6,8-9,15,18H,2,7,10H2,1H3. The van der Waals surface area contributed by atoms with Gasteiger partial charge in [-0.1, -0.05) is 28.9 Å². The summed E-state index contributed by atoms with van der Waals surface area (Å²) in [6, 6.07) is 9.19. The highest BCUT2D eigenvalue weighted by atomic mass is 79.9. The maximum absolute atomic E-state index is 13.5. The van der Waals surface area contributed by atoms with Gasteiger partial charge in [0.1, 0.15) is 5.82 Å². The number of halogens is 2. The molecule has 0 spiro atoms. The van der Waals surface area contributed by atoms with Gasteiger partial charge in [-0.25, -0.2) is 4.39 Å². The molecule has 1 N–H and O–H groups in total. The van der Waals surface area contributed by atoms with E-state index >= 15 is 0 Å². The van der Waals surface area contributed by atoms with Crippen molar-refractivity contribution < 1.29 is 4.39 Å². The Bertz CT molecular complexity index is 513. The Balaban J connectivity index is 2.23. The molecule has 102 valence electrons. The molecule has 19 heavy (non-hydrogen) atoms. The van der Waals surface area contributed by atoms with E-state index in [1.54, 1.807) is 23.5 Å². The summed E-state index contributed by atoms with van der Waals surface area (Å²) in [5.74, 6) is -0.187. The molecule has 1 aromatic carbocycles. The lowest BCUT2D eigenvalue weighted by Gasteiger charge is -2.20. The monoisotopic (exact) mass is 341 g/mol. The van der Waals surface area contributed by atoms with Gasteiger partial charge in [-0.3, -0.25) is 0 Å². The SMILES string of the molecule is CCCNC(Cc1cccs1)c1cc(F)ccc1Br. The zero-order valence-electron chi connectivity index (χ0n) is 10.8. The van der Waals surface area contributed by atoms with Gasteiger partial charge in [0, 0.05) is 21.8 Å². The van der Waals surface area contributed by atoms with Gasteiger partial charge < -0.3 is 5.32 Å². The Hall–Kier alpha value is -0.710. The molecule has 0 aliphatic carbocycles. The third-order valence-corrected chi connectivity index (χ3v) is 4.58. The van der Waals surface area contributed by atoms with Crippen molar-refractivity contribution in [1.82, 2.24) is 5.32 Å². The molecule has 1 nitrogen and oxygen atoms in total. The van der Waals surface area contributed by atoms with E-state index in [4.69, 9.17) is 0 Å². The first kappa shape index (κ1) is 14.7. The van der Waals surface area contributed by atoms with Crippen LogP contribution in [0.25, 0.3) is 0 Å². The number of thiophene rings is 1. The Morgan fingerprint density at radius 1 is 1.37 bits per heavy atom. The molecule has 0 radical (unpaired) electrons. The minimum Gasteiger partial charge on any atom is -0.310 e. The predicted molar refractivity (Wildman–Crippen MR) is 83.2 cm³/mol. The predicted octanol–water partition coefficient (Wildman–Crippen LogP) is 4.93.